The van der Waals surface area contributed by atoms with E-state index in [1.165, 1.54) is 6.92 Å². The molecule has 0 aliphatic rings. The van der Waals surface area contributed by atoms with E-state index in [0.29, 0.717) is 0 Å². The molecule has 0 aliphatic heterocycles. The number of aliphatic hydroxyl groups is 1. The first-order valence-electron chi connectivity index (χ1n) is 4.87. The molecular weight excluding hydrogens is 272 g/mol. The normalized spacial score (nSPS) is 14.8. The number of aliphatic hydroxyl groups excluding tert-OH is 1. The molecule has 0 aromatic heterocycles. The van der Waals surface area contributed by atoms with E-state index in [0.717, 1.165) is 6.26 Å². The first-order valence-corrected chi connectivity index (χ1v) is 8.41. The van der Waals surface area contributed by atoms with E-state index in [9.17, 15) is 16.8 Å². The monoisotopic (exact) mass is 290 g/mol. The largest absolute Gasteiger partial charge is 0.392 e. The molecule has 104 valence electrons. The maximum absolute atomic E-state index is 11.0. The van der Waals surface area contributed by atoms with Crippen LogP contribution in [0.25, 0.3) is 0 Å². The molecule has 0 aliphatic carbocycles. The van der Waals surface area contributed by atoms with E-state index in [1.807, 2.05) is 4.72 Å². The van der Waals surface area contributed by atoms with Crippen LogP contribution in [0.1, 0.15) is 6.92 Å². The lowest BCUT2D eigenvalue weighted by atomic mass is 10.6. The van der Waals surface area contributed by atoms with Gasteiger partial charge in [-0.2, -0.15) is 4.72 Å². The molecule has 0 fully saturated rings. The van der Waals surface area contributed by atoms with E-state index in [-0.39, 0.29) is 18.9 Å². The Kier molecular flexibility index (Phi) is 7.13. The second-order valence-corrected chi connectivity index (χ2v) is 7.11. The lowest BCUT2D eigenvalue weighted by molar-refractivity contribution is 0.00960. The minimum atomic E-state index is -3.48. The van der Waals surface area contributed by atoms with Crippen molar-refractivity contribution in [1.29, 1.82) is 0 Å². The van der Waals surface area contributed by atoms with Gasteiger partial charge in [0.15, 0.2) is 0 Å². The summed E-state index contributed by atoms with van der Waals surface area (Å²) in [4.78, 5) is 0. The SMILES string of the molecule is CCS(=O)(=O)NCCOC(CO)NS(C)(=O)=O. The Morgan fingerprint density at radius 2 is 1.88 bits per heavy atom. The lowest BCUT2D eigenvalue weighted by Gasteiger charge is -2.15. The summed E-state index contributed by atoms with van der Waals surface area (Å²) in [6.45, 7) is 0.920. The topological polar surface area (TPSA) is 122 Å². The summed E-state index contributed by atoms with van der Waals surface area (Å²) in [6, 6.07) is 0. The summed E-state index contributed by atoms with van der Waals surface area (Å²) in [7, 11) is -6.77. The summed E-state index contributed by atoms with van der Waals surface area (Å²) < 4.78 is 52.9. The van der Waals surface area contributed by atoms with Gasteiger partial charge in [-0.1, -0.05) is 0 Å². The molecule has 0 amide bonds. The standard InChI is InChI=1S/C7H18N2O6S2/c1-3-17(13,14)8-4-5-15-7(6-10)9-16(2,11)12/h7-10H,3-6H2,1-2H3. The molecule has 0 heterocycles. The van der Waals surface area contributed by atoms with E-state index in [1.54, 1.807) is 0 Å². The van der Waals surface area contributed by atoms with Crippen molar-refractivity contribution in [2.24, 2.45) is 0 Å². The molecule has 8 nitrogen and oxygen atoms in total. The zero-order valence-electron chi connectivity index (χ0n) is 9.71. The zero-order chi connectivity index (χ0) is 13.5. The Morgan fingerprint density at radius 1 is 1.29 bits per heavy atom. The molecule has 0 bridgehead atoms. The summed E-state index contributed by atoms with van der Waals surface area (Å²) in [6.07, 6.45) is -0.144. The summed E-state index contributed by atoms with van der Waals surface area (Å²) in [5.74, 6) is -0.0436. The van der Waals surface area contributed by atoms with Crippen molar-refractivity contribution in [3.8, 4) is 0 Å². The Balaban J connectivity index is 3.94. The van der Waals surface area contributed by atoms with Crippen LogP contribution in [-0.4, -0.2) is 59.9 Å². The molecule has 3 N–H and O–H groups in total. The second-order valence-electron chi connectivity index (χ2n) is 3.23. The van der Waals surface area contributed by atoms with Gasteiger partial charge < -0.3 is 9.84 Å². The molecular formula is C7H18N2O6S2. The van der Waals surface area contributed by atoms with Gasteiger partial charge in [0.2, 0.25) is 20.0 Å². The van der Waals surface area contributed by atoms with Crippen molar-refractivity contribution in [2.45, 2.75) is 13.2 Å². The third-order valence-electron chi connectivity index (χ3n) is 1.63. The number of sulfonamides is 2. The first-order chi connectivity index (χ1) is 7.70. The fourth-order valence-corrected chi connectivity index (χ4v) is 2.08. The maximum atomic E-state index is 11.0. The highest BCUT2D eigenvalue weighted by molar-refractivity contribution is 7.89. The summed E-state index contributed by atoms with van der Waals surface area (Å²) in [5.41, 5.74) is 0. The first kappa shape index (κ1) is 16.7. The van der Waals surface area contributed by atoms with E-state index < -0.39 is 32.9 Å². The summed E-state index contributed by atoms with van der Waals surface area (Å²) in [5, 5.41) is 8.80. The van der Waals surface area contributed by atoms with Crippen molar-refractivity contribution >= 4 is 20.0 Å². The highest BCUT2D eigenvalue weighted by Crippen LogP contribution is 1.89. The van der Waals surface area contributed by atoms with Gasteiger partial charge in [-0.3, -0.25) is 0 Å². The number of hydrogen-bond acceptors (Lipinski definition) is 6. The zero-order valence-corrected chi connectivity index (χ0v) is 11.3. The van der Waals surface area contributed by atoms with Crippen LogP contribution in [0.2, 0.25) is 0 Å². The quantitative estimate of drug-likeness (QED) is 0.327. The Morgan fingerprint density at radius 3 is 2.29 bits per heavy atom. The molecule has 0 spiro atoms. The van der Waals surface area contributed by atoms with Crippen LogP contribution >= 0.6 is 0 Å². The highest BCUT2D eigenvalue weighted by atomic mass is 32.2. The molecule has 1 unspecified atom stereocenters. The van der Waals surface area contributed by atoms with Crippen LogP contribution < -0.4 is 9.44 Å². The number of rotatable bonds is 9. The van der Waals surface area contributed by atoms with Crippen LogP contribution in [0.4, 0.5) is 0 Å². The third-order valence-corrected chi connectivity index (χ3v) is 3.73. The Labute approximate surface area is 101 Å². The van der Waals surface area contributed by atoms with Gasteiger partial charge in [0.1, 0.15) is 6.23 Å². The number of hydrogen-bond donors (Lipinski definition) is 3. The Hall–Kier alpha value is -0.260. The average Bonchev–Trinajstić information content (AvgIpc) is 2.21. The highest BCUT2D eigenvalue weighted by Gasteiger charge is 2.13. The smallest absolute Gasteiger partial charge is 0.211 e. The van der Waals surface area contributed by atoms with Gasteiger partial charge >= 0.3 is 0 Å². The molecule has 0 saturated carbocycles. The van der Waals surface area contributed by atoms with Crippen LogP contribution in [-0.2, 0) is 24.8 Å². The minimum Gasteiger partial charge on any atom is -0.392 e. The fourth-order valence-electron chi connectivity index (χ4n) is 0.863. The molecule has 0 saturated heterocycles. The van der Waals surface area contributed by atoms with Gasteiger partial charge in [-0.05, 0) is 6.92 Å². The van der Waals surface area contributed by atoms with Gasteiger partial charge in [0.05, 0.1) is 25.2 Å². The van der Waals surface area contributed by atoms with Gasteiger partial charge in [0, 0.05) is 6.54 Å². The molecule has 0 aromatic carbocycles. The molecule has 0 aromatic rings. The van der Waals surface area contributed by atoms with Gasteiger partial charge in [-0.15, -0.1) is 0 Å². The summed E-state index contributed by atoms with van der Waals surface area (Å²) >= 11 is 0. The lowest BCUT2D eigenvalue weighted by Crippen LogP contribution is -2.40. The van der Waals surface area contributed by atoms with Gasteiger partial charge in [0.25, 0.3) is 0 Å². The predicted octanol–water partition coefficient (Wildman–Crippen LogP) is -2.19. The maximum Gasteiger partial charge on any atom is 0.211 e. The van der Waals surface area contributed by atoms with Crippen molar-refractivity contribution in [2.75, 3.05) is 31.8 Å². The fraction of sp³-hybridized carbons (Fsp3) is 1.00. The van der Waals surface area contributed by atoms with Crippen molar-refractivity contribution in [3.63, 3.8) is 0 Å². The van der Waals surface area contributed by atoms with E-state index in [4.69, 9.17) is 9.84 Å². The van der Waals surface area contributed by atoms with Crippen LogP contribution in [0.3, 0.4) is 0 Å². The van der Waals surface area contributed by atoms with E-state index in [2.05, 4.69) is 4.72 Å². The third kappa shape index (κ3) is 9.44. The second kappa shape index (κ2) is 7.24. The van der Waals surface area contributed by atoms with Crippen LogP contribution in [0, 0.1) is 0 Å². The molecule has 10 heteroatoms. The Bertz CT molecular complexity index is 404. The van der Waals surface area contributed by atoms with Crippen LogP contribution in [0.15, 0.2) is 0 Å². The minimum absolute atomic E-state index is 0.0120. The van der Waals surface area contributed by atoms with Crippen LogP contribution in [0.5, 0.6) is 0 Å². The molecule has 1 atom stereocenters. The average molecular weight is 290 g/mol. The molecule has 17 heavy (non-hydrogen) atoms. The number of ether oxygens (including phenoxy) is 1. The molecule has 0 radical (unpaired) electrons. The van der Waals surface area contributed by atoms with Crippen molar-refractivity contribution in [1.82, 2.24) is 9.44 Å². The molecule has 0 rings (SSSR count). The van der Waals surface area contributed by atoms with Crippen molar-refractivity contribution < 1.29 is 26.7 Å². The number of nitrogens with one attached hydrogen (secondary N) is 2. The van der Waals surface area contributed by atoms with Gasteiger partial charge in [-0.25, -0.2) is 21.6 Å². The predicted molar refractivity (Wildman–Crippen MR) is 62.3 cm³/mol. The van der Waals surface area contributed by atoms with E-state index >= 15 is 0 Å². The van der Waals surface area contributed by atoms with Crippen molar-refractivity contribution in [3.05, 3.63) is 0 Å².